The Balaban J connectivity index is 2.48. The Bertz CT molecular complexity index is 349. The highest BCUT2D eigenvalue weighted by atomic mass is 16.3. The molecule has 1 aromatic rings. The van der Waals surface area contributed by atoms with Gasteiger partial charge < -0.3 is 5.11 Å². The van der Waals surface area contributed by atoms with Crippen molar-refractivity contribution in [1.82, 2.24) is 0 Å². The second-order valence-corrected chi connectivity index (χ2v) is 4.33. The molecule has 0 bridgehead atoms. The van der Waals surface area contributed by atoms with Gasteiger partial charge in [-0.15, -0.1) is 0 Å². The Morgan fingerprint density at radius 2 is 1.89 bits per heavy atom. The third kappa shape index (κ3) is 5.27. The summed E-state index contributed by atoms with van der Waals surface area (Å²) in [5.41, 5.74) is 2.38. The van der Waals surface area contributed by atoms with Crippen molar-refractivity contribution in [3.63, 3.8) is 0 Å². The molecular weight excluding hydrogens is 226 g/mol. The monoisotopic (exact) mass is 249 g/mol. The summed E-state index contributed by atoms with van der Waals surface area (Å²) in [6.45, 7) is 2.60. The smallest absolute Gasteiger partial charge is 0.0851 e. The normalized spacial score (nSPS) is 11.1. The molecule has 0 atom stereocenters. The Hall–Kier alpha value is -1.42. The second kappa shape index (κ2) is 8.64. The molecule has 4 nitrogen and oxygen atoms in total. The van der Waals surface area contributed by atoms with Crippen molar-refractivity contribution in [3.05, 3.63) is 29.8 Å². The third-order valence-corrected chi connectivity index (χ3v) is 2.78. The Morgan fingerprint density at radius 1 is 1.17 bits per heavy atom. The molecule has 0 saturated heterocycles. The predicted molar refractivity (Wildman–Crippen MR) is 74.9 cm³/mol. The van der Waals surface area contributed by atoms with Gasteiger partial charge in [-0.3, -0.25) is 5.01 Å². The predicted octanol–water partition coefficient (Wildman–Crippen LogP) is 3.22. The fourth-order valence-electron chi connectivity index (χ4n) is 1.69. The van der Waals surface area contributed by atoms with Gasteiger partial charge in [-0.2, -0.15) is 5.11 Å². The van der Waals surface area contributed by atoms with Crippen LogP contribution in [-0.4, -0.2) is 25.3 Å². The molecule has 0 amide bonds. The second-order valence-electron chi connectivity index (χ2n) is 4.33. The first-order valence-electron chi connectivity index (χ1n) is 6.59. The van der Waals surface area contributed by atoms with E-state index in [1.165, 1.54) is 24.8 Å². The summed E-state index contributed by atoms with van der Waals surface area (Å²) < 4.78 is 0. The first-order valence-corrected chi connectivity index (χ1v) is 6.59. The molecule has 100 valence electrons. The lowest BCUT2D eigenvalue weighted by Gasteiger charge is -2.11. The van der Waals surface area contributed by atoms with Gasteiger partial charge in [0.2, 0.25) is 0 Å². The van der Waals surface area contributed by atoms with E-state index in [9.17, 15) is 0 Å². The zero-order chi connectivity index (χ0) is 13.2. The summed E-state index contributed by atoms with van der Waals surface area (Å²) in [4.78, 5) is 0. The molecule has 1 N–H and O–H groups in total. The zero-order valence-electron chi connectivity index (χ0n) is 11.3. The molecule has 0 aromatic heterocycles. The third-order valence-electron chi connectivity index (χ3n) is 2.78. The molecule has 0 heterocycles. The number of nitrogens with zero attached hydrogens (tertiary/aromatic N) is 3. The summed E-state index contributed by atoms with van der Waals surface area (Å²) in [6.07, 6.45) is 4.94. The summed E-state index contributed by atoms with van der Waals surface area (Å²) in [5, 5.41) is 18.2. The largest absolute Gasteiger partial charge is 0.394 e. The highest BCUT2D eigenvalue weighted by Gasteiger charge is 1.99. The average Bonchev–Trinajstić information content (AvgIpc) is 2.40. The van der Waals surface area contributed by atoms with Crippen LogP contribution in [0.1, 0.15) is 31.7 Å². The van der Waals surface area contributed by atoms with E-state index in [4.69, 9.17) is 5.11 Å². The zero-order valence-corrected chi connectivity index (χ0v) is 11.3. The van der Waals surface area contributed by atoms with Crippen LogP contribution in [0.25, 0.3) is 0 Å². The number of hydrogen-bond acceptors (Lipinski definition) is 3. The molecule has 0 spiro atoms. The SMILES string of the molecule is CCCCCc1ccc(N(C)N=NCCO)cc1. The first kappa shape index (κ1) is 14.6. The summed E-state index contributed by atoms with van der Waals surface area (Å²) in [6, 6.07) is 8.39. The maximum atomic E-state index is 8.62. The van der Waals surface area contributed by atoms with Crippen LogP contribution in [0, 0.1) is 0 Å². The van der Waals surface area contributed by atoms with Gasteiger partial charge in [0.1, 0.15) is 0 Å². The van der Waals surface area contributed by atoms with Gasteiger partial charge in [0.15, 0.2) is 0 Å². The minimum Gasteiger partial charge on any atom is -0.394 e. The van der Waals surface area contributed by atoms with Crippen molar-refractivity contribution in [1.29, 1.82) is 0 Å². The van der Waals surface area contributed by atoms with Crippen LogP contribution < -0.4 is 5.01 Å². The molecule has 0 fully saturated rings. The standard InChI is InChI=1S/C14H23N3O/c1-3-4-5-6-13-7-9-14(10-8-13)17(2)16-15-11-12-18/h7-10,18H,3-6,11-12H2,1-2H3. The lowest BCUT2D eigenvalue weighted by Crippen LogP contribution is -2.07. The number of aryl methyl sites for hydroxylation is 1. The van der Waals surface area contributed by atoms with Crippen LogP contribution in [0.4, 0.5) is 5.69 Å². The Morgan fingerprint density at radius 3 is 2.50 bits per heavy atom. The topological polar surface area (TPSA) is 48.2 Å². The molecule has 1 rings (SSSR count). The van der Waals surface area contributed by atoms with Crippen molar-refractivity contribution in [2.24, 2.45) is 10.3 Å². The van der Waals surface area contributed by atoms with E-state index in [0.29, 0.717) is 6.54 Å². The van der Waals surface area contributed by atoms with Crippen molar-refractivity contribution in [3.8, 4) is 0 Å². The van der Waals surface area contributed by atoms with Gasteiger partial charge in [0.05, 0.1) is 18.8 Å². The van der Waals surface area contributed by atoms with Crippen LogP contribution >= 0.6 is 0 Å². The molecule has 0 aliphatic carbocycles. The first-order chi connectivity index (χ1) is 8.77. The highest BCUT2D eigenvalue weighted by molar-refractivity contribution is 5.45. The molecule has 0 aliphatic heterocycles. The van der Waals surface area contributed by atoms with Crippen LogP contribution in [0.15, 0.2) is 34.6 Å². The molecule has 1 aromatic carbocycles. The number of aliphatic hydroxyl groups is 1. The van der Waals surface area contributed by atoms with Gasteiger partial charge in [0.25, 0.3) is 0 Å². The van der Waals surface area contributed by atoms with E-state index in [2.05, 4.69) is 41.5 Å². The minimum absolute atomic E-state index is 0.0354. The van der Waals surface area contributed by atoms with E-state index in [0.717, 1.165) is 12.1 Å². The quantitative estimate of drug-likeness (QED) is 0.437. The summed E-state index contributed by atoms with van der Waals surface area (Å²) in [7, 11) is 1.85. The molecule has 0 aliphatic rings. The number of rotatable bonds is 8. The number of aliphatic hydroxyl groups excluding tert-OH is 1. The van der Waals surface area contributed by atoms with Crippen molar-refractivity contribution in [2.75, 3.05) is 25.2 Å². The van der Waals surface area contributed by atoms with E-state index >= 15 is 0 Å². The minimum atomic E-state index is 0.0354. The fraction of sp³-hybridized carbons (Fsp3) is 0.571. The fourth-order valence-corrected chi connectivity index (χ4v) is 1.69. The van der Waals surface area contributed by atoms with Gasteiger partial charge >= 0.3 is 0 Å². The molecule has 0 saturated carbocycles. The van der Waals surface area contributed by atoms with E-state index < -0.39 is 0 Å². The van der Waals surface area contributed by atoms with Crippen LogP contribution in [0.2, 0.25) is 0 Å². The molecule has 18 heavy (non-hydrogen) atoms. The molecular formula is C14H23N3O. The number of anilines is 1. The maximum absolute atomic E-state index is 8.62. The van der Waals surface area contributed by atoms with Crippen LogP contribution in [0.3, 0.4) is 0 Å². The number of unbranched alkanes of at least 4 members (excludes halogenated alkanes) is 2. The summed E-state index contributed by atoms with van der Waals surface area (Å²) in [5.74, 6) is 0. The molecule has 0 unspecified atom stereocenters. The highest BCUT2D eigenvalue weighted by Crippen LogP contribution is 2.15. The Kier molecular flexibility index (Phi) is 7.03. The molecule has 4 heteroatoms. The van der Waals surface area contributed by atoms with Crippen molar-refractivity contribution < 1.29 is 5.11 Å². The maximum Gasteiger partial charge on any atom is 0.0851 e. The number of hydrogen-bond donors (Lipinski definition) is 1. The number of benzene rings is 1. The van der Waals surface area contributed by atoms with Crippen LogP contribution in [-0.2, 0) is 6.42 Å². The average molecular weight is 249 g/mol. The van der Waals surface area contributed by atoms with Gasteiger partial charge in [-0.1, -0.05) is 37.1 Å². The summed E-state index contributed by atoms with van der Waals surface area (Å²) >= 11 is 0. The van der Waals surface area contributed by atoms with E-state index in [1.54, 1.807) is 5.01 Å². The van der Waals surface area contributed by atoms with Crippen molar-refractivity contribution in [2.45, 2.75) is 32.6 Å². The van der Waals surface area contributed by atoms with E-state index in [-0.39, 0.29) is 6.61 Å². The molecule has 0 radical (unpaired) electrons. The van der Waals surface area contributed by atoms with Gasteiger partial charge in [-0.25, -0.2) is 0 Å². The lowest BCUT2D eigenvalue weighted by molar-refractivity contribution is 0.304. The van der Waals surface area contributed by atoms with Crippen LogP contribution in [0.5, 0.6) is 0 Å². The van der Waals surface area contributed by atoms with Gasteiger partial charge in [-0.05, 0) is 30.5 Å². The Labute approximate surface area is 109 Å². The van der Waals surface area contributed by atoms with E-state index in [1.807, 2.05) is 7.05 Å². The van der Waals surface area contributed by atoms with Gasteiger partial charge in [0, 0.05) is 7.05 Å². The van der Waals surface area contributed by atoms with Crippen molar-refractivity contribution >= 4 is 5.69 Å². The lowest BCUT2D eigenvalue weighted by atomic mass is 10.1.